The lowest BCUT2D eigenvalue weighted by Gasteiger charge is -2.25. The smallest absolute Gasteiger partial charge is 0.303 e. The van der Waals surface area contributed by atoms with Crippen LogP contribution in [0.15, 0.2) is 23.9 Å². The predicted octanol–water partition coefficient (Wildman–Crippen LogP) is 0.861. The van der Waals surface area contributed by atoms with E-state index < -0.39 is 11.6 Å². The zero-order valence-electron chi connectivity index (χ0n) is 8.84. The fraction of sp³-hybridized carbons (Fsp3) is 0.444. The first kappa shape index (κ1) is 11.2. The molecule has 0 bridgehead atoms. The van der Waals surface area contributed by atoms with Crippen LogP contribution in [-0.2, 0) is 9.53 Å². The normalized spacial score (nSPS) is 12.6. The van der Waals surface area contributed by atoms with Gasteiger partial charge in [0, 0.05) is 19.3 Å². The van der Waals surface area contributed by atoms with Gasteiger partial charge in [0.2, 0.25) is 0 Å². The van der Waals surface area contributed by atoms with Crippen LogP contribution in [0.4, 0.5) is 0 Å². The van der Waals surface area contributed by atoms with Gasteiger partial charge in [0.15, 0.2) is 11.4 Å². The van der Waals surface area contributed by atoms with Crippen molar-refractivity contribution in [3.05, 3.63) is 18.7 Å². The van der Waals surface area contributed by atoms with Crippen molar-refractivity contribution in [1.82, 2.24) is 9.55 Å². The van der Waals surface area contributed by atoms with Crippen LogP contribution < -0.4 is 0 Å². The van der Waals surface area contributed by atoms with Crippen molar-refractivity contribution >= 4 is 11.8 Å². The Labute approximate surface area is 87.2 Å². The molecule has 0 aliphatic heterocycles. The fourth-order valence-corrected chi connectivity index (χ4v) is 1.27. The van der Waals surface area contributed by atoms with E-state index in [1.165, 1.54) is 24.0 Å². The van der Waals surface area contributed by atoms with Crippen molar-refractivity contribution in [3.8, 4) is 0 Å². The molecule has 0 fully saturated rings. The van der Waals surface area contributed by atoms with Gasteiger partial charge in [-0.1, -0.05) is 5.16 Å². The number of ether oxygens (including phenoxy) is 1. The Bertz CT molecular complexity index is 368. The molecule has 0 aliphatic carbocycles. The van der Waals surface area contributed by atoms with Crippen LogP contribution >= 0.6 is 0 Å². The molecular formula is C9H13N3O3. The lowest BCUT2D eigenvalue weighted by Crippen LogP contribution is -2.40. The maximum absolute atomic E-state index is 10.9. The average molecular weight is 211 g/mol. The summed E-state index contributed by atoms with van der Waals surface area (Å²) in [7, 11) is 0. The van der Waals surface area contributed by atoms with Crippen LogP contribution in [0.2, 0.25) is 0 Å². The van der Waals surface area contributed by atoms with E-state index in [0.29, 0.717) is 0 Å². The van der Waals surface area contributed by atoms with E-state index in [4.69, 9.17) is 9.94 Å². The molecular weight excluding hydrogens is 198 g/mol. The third-order valence-corrected chi connectivity index (χ3v) is 1.78. The number of carbonyl (C=O) groups excluding carboxylic acids is 1. The van der Waals surface area contributed by atoms with Crippen LogP contribution in [0.25, 0.3) is 0 Å². The number of esters is 1. The first-order chi connectivity index (χ1) is 6.97. The van der Waals surface area contributed by atoms with Crippen LogP contribution in [0.1, 0.15) is 20.8 Å². The largest absolute Gasteiger partial charge is 0.452 e. The topological polar surface area (TPSA) is 76.7 Å². The maximum atomic E-state index is 10.9. The van der Waals surface area contributed by atoms with Gasteiger partial charge in [0.05, 0.1) is 0 Å². The third kappa shape index (κ3) is 2.55. The Kier molecular flexibility index (Phi) is 3.08. The summed E-state index contributed by atoms with van der Waals surface area (Å²) in [5.74, 6) is -0.253. The highest BCUT2D eigenvalue weighted by Crippen LogP contribution is 2.13. The lowest BCUT2D eigenvalue weighted by molar-refractivity contribution is -0.148. The van der Waals surface area contributed by atoms with E-state index in [-0.39, 0.29) is 5.84 Å². The molecule has 1 N–H and O–H groups in total. The molecule has 0 aliphatic rings. The van der Waals surface area contributed by atoms with Gasteiger partial charge >= 0.3 is 5.97 Å². The van der Waals surface area contributed by atoms with Crippen LogP contribution in [0, 0.1) is 0 Å². The molecule has 0 spiro atoms. The summed E-state index contributed by atoms with van der Waals surface area (Å²) in [4.78, 5) is 14.7. The number of hydrogen-bond acceptors (Lipinski definition) is 5. The van der Waals surface area contributed by atoms with Gasteiger partial charge in [0.25, 0.3) is 0 Å². The summed E-state index contributed by atoms with van der Waals surface area (Å²) in [6, 6.07) is 0. The summed E-state index contributed by atoms with van der Waals surface area (Å²) >= 11 is 0. The van der Waals surface area contributed by atoms with Crippen LogP contribution in [-0.4, -0.2) is 32.2 Å². The molecule has 1 heterocycles. The van der Waals surface area contributed by atoms with Gasteiger partial charge in [-0.25, -0.2) is 4.98 Å². The molecule has 0 radical (unpaired) electrons. The van der Waals surface area contributed by atoms with E-state index in [1.54, 1.807) is 20.0 Å². The number of aromatic nitrogens is 2. The molecule has 0 aromatic carbocycles. The highest BCUT2D eigenvalue weighted by atomic mass is 16.6. The highest BCUT2D eigenvalue weighted by molar-refractivity contribution is 5.92. The minimum absolute atomic E-state index is 0.190. The maximum Gasteiger partial charge on any atom is 0.303 e. The van der Waals surface area contributed by atoms with Crippen molar-refractivity contribution in [2.45, 2.75) is 26.4 Å². The Hall–Kier alpha value is -1.85. The molecule has 0 saturated carbocycles. The highest BCUT2D eigenvalue weighted by Gasteiger charge is 2.30. The SMILES string of the molecule is CC(=O)OC(C)(C)/C(=N/O)n1ccnc1. The van der Waals surface area contributed by atoms with Gasteiger partial charge in [-0.05, 0) is 13.8 Å². The number of oxime groups is 1. The molecule has 1 rings (SSSR count). The van der Waals surface area contributed by atoms with Gasteiger partial charge in [-0.15, -0.1) is 0 Å². The Morgan fingerprint density at radius 1 is 1.60 bits per heavy atom. The van der Waals surface area contributed by atoms with Crippen molar-refractivity contribution < 1.29 is 14.7 Å². The fourth-order valence-electron chi connectivity index (χ4n) is 1.27. The summed E-state index contributed by atoms with van der Waals surface area (Å²) in [6.07, 6.45) is 4.59. The number of nitrogens with zero attached hydrogens (tertiary/aromatic N) is 3. The van der Waals surface area contributed by atoms with E-state index in [2.05, 4.69) is 10.1 Å². The second kappa shape index (κ2) is 4.12. The Balaban J connectivity index is 2.98. The zero-order chi connectivity index (χ0) is 11.5. The molecule has 6 nitrogen and oxygen atoms in total. The van der Waals surface area contributed by atoms with Gasteiger partial charge in [0.1, 0.15) is 6.33 Å². The molecule has 1 aromatic rings. The van der Waals surface area contributed by atoms with E-state index in [9.17, 15) is 4.79 Å². The van der Waals surface area contributed by atoms with Gasteiger partial charge in [-0.2, -0.15) is 0 Å². The Morgan fingerprint density at radius 3 is 2.67 bits per heavy atom. The van der Waals surface area contributed by atoms with E-state index in [0.717, 1.165) is 0 Å². The van der Waals surface area contributed by atoms with Crippen LogP contribution in [0.3, 0.4) is 0 Å². The second-order valence-corrected chi connectivity index (χ2v) is 3.50. The third-order valence-electron chi connectivity index (χ3n) is 1.78. The Morgan fingerprint density at radius 2 is 2.27 bits per heavy atom. The first-order valence-electron chi connectivity index (χ1n) is 4.38. The van der Waals surface area contributed by atoms with Crippen molar-refractivity contribution in [3.63, 3.8) is 0 Å². The molecule has 0 atom stereocenters. The van der Waals surface area contributed by atoms with E-state index in [1.807, 2.05) is 0 Å². The molecule has 82 valence electrons. The first-order valence-corrected chi connectivity index (χ1v) is 4.38. The molecule has 0 amide bonds. The van der Waals surface area contributed by atoms with E-state index >= 15 is 0 Å². The average Bonchev–Trinajstić information content (AvgIpc) is 2.54. The number of imidazole rings is 1. The molecule has 1 aromatic heterocycles. The summed E-state index contributed by atoms with van der Waals surface area (Å²) < 4.78 is 6.51. The van der Waals surface area contributed by atoms with Gasteiger partial charge in [-0.3, -0.25) is 9.36 Å². The van der Waals surface area contributed by atoms with Crippen molar-refractivity contribution in [1.29, 1.82) is 0 Å². The molecule has 6 heteroatoms. The minimum atomic E-state index is -1.01. The summed E-state index contributed by atoms with van der Waals surface area (Å²) in [5.41, 5.74) is -1.01. The monoisotopic (exact) mass is 211 g/mol. The van der Waals surface area contributed by atoms with Gasteiger partial charge < -0.3 is 9.94 Å². The lowest BCUT2D eigenvalue weighted by atomic mass is 10.1. The summed E-state index contributed by atoms with van der Waals surface area (Å²) in [6.45, 7) is 4.55. The quantitative estimate of drug-likeness (QED) is 0.259. The number of hydrogen-bond donors (Lipinski definition) is 1. The molecule has 15 heavy (non-hydrogen) atoms. The number of rotatable bonds is 2. The van der Waals surface area contributed by atoms with Crippen molar-refractivity contribution in [2.75, 3.05) is 0 Å². The van der Waals surface area contributed by atoms with Crippen molar-refractivity contribution in [2.24, 2.45) is 5.16 Å². The molecule has 0 unspecified atom stereocenters. The second-order valence-electron chi connectivity index (χ2n) is 3.50. The predicted molar refractivity (Wildman–Crippen MR) is 52.7 cm³/mol. The zero-order valence-corrected chi connectivity index (χ0v) is 8.84. The van der Waals surface area contributed by atoms with Crippen LogP contribution in [0.5, 0.6) is 0 Å². The number of carbonyl (C=O) groups is 1. The minimum Gasteiger partial charge on any atom is -0.452 e. The molecule has 0 saturated heterocycles. The standard InChI is InChI=1S/C9H13N3O3/c1-7(13)15-9(2,3)8(11-14)12-5-4-10-6-12/h4-6,14H,1-3H3/b11-8-. The summed E-state index contributed by atoms with van der Waals surface area (Å²) in [5, 5.41) is 12.0.